The molecule has 1 nitrogen and oxygen atoms in total. The van der Waals surface area contributed by atoms with Crippen molar-refractivity contribution in [3.8, 4) is 22.3 Å². The summed E-state index contributed by atoms with van der Waals surface area (Å²) in [6.45, 7) is 0. The van der Waals surface area contributed by atoms with Crippen molar-refractivity contribution in [1.29, 1.82) is 0 Å². The second kappa shape index (κ2) is 10.7. The lowest BCUT2D eigenvalue weighted by Crippen LogP contribution is -1.88. The zero-order valence-electron chi connectivity index (χ0n) is 29.7. The molecule has 0 aliphatic carbocycles. The fraction of sp³-hybridized carbons (Fsp3) is 0. The van der Waals surface area contributed by atoms with Gasteiger partial charge in [-0.25, -0.2) is 0 Å². The van der Waals surface area contributed by atoms with E-state index in [-0.39, 0.29) is 0 Å². The molecule has 0 atom stereocenters. The number of hydrogen-bond acceptors (Lipinski definition) is 1. The maximum atomic E-state index is 6.56. The van der Waals surface area contributed by atoms with Gasteiger partial charge in [0.2, 0.25) is 0 Å². The van der Waals surface area contributed by atoms with Gasteiger partial charge in [0.1, 0.15) is 11.2 Å². The van der Waals surface area contributed by atoms with E-state index in [0.717, 1.165) is 16.6 Å². The summed E-state index contributed by atoms with van der Waals surface area (Å²) in [6.07, 6.45) is 0. The van der Waals surface area contributed by atoms with E-state index in [9.17, 15) is 0 Å². The first kappa shape index (κ1) is 29.3. The highest BCUT2D eigenvalue weighted by Crippen LogP contribution is 2.44. The van der Waals surface area contributed by atoms with Gasteiger partial charge in [-0.1, -0.05) is 146 Å². The van der Waals surface area contributed by atoms with Crippen molar-refractivity contribution in [2.45, 2.75) is 0 Å². The fourth-order valence-corrected chi connectivity index (χ4v) is 9.75. The monoisotopic (exact) mass is 694 g/mol. The fourth-order valence-electron chi connectivity index (χ4n) is 9.75. The minimum Gasteiger partial charge on any atom is -0.456 e. The van der Waals surface area contributed by atoms with Gasteiger partial charge in [-0.15, -0.1) is 0 Å². The van der Waals surface area contributed by atoms with E-state index < -0.39 is 0 Å². The largest absolute Gasteiger partial charge is 0.456 e. The van der Waals surface area contributed by atoms with Crippen LogP contribution in [0.5, 0.6) is 0 Å². The Morgan fingerprint density at radius 3 is 1.65 bits per heavy atom. The Morgan fingerprint density at radius 2 is 0.800 bits per heavy atom. The van der Waals surface area contributed by atoms with E-state index in [1.165, 1.54) is 114 Å². The normalized spacial score (nSPS) is 12.4. The summed E-state index contributed by atoms with van der Waals surface area (Å²) in [5, 5.41) is 22.7. The van der Waals surface area contributed by atoms with Gasteiger partial charge in [0.25, 0.3) is 0 Å². The Bertz CT molecular complexity index is 3750. The minimum atomic E-state index is 0.925. The van der Waals surface area contributed by atoms with Gasteiger partial charge >= 0.3 is 0 Å². The van der Waals surface area contributed by atoms with Crippen molar-refractivity contribution in [2.75, 3.05) is 0 Å². The van der Waals surface area contributed by atoms with Crippen molar-refractivity contribution in [3.63, 3.8) is 0 Å². The number of hydrogen-bond donors (Lipinski definition) is 0. The summed E-state index contributed by atoms with van der Waals surface area (Å²) >= 11 is 0. The smallest absolute Gasteiger partial charge is 0.136 e. The van der Waals surface area contributed by atoms with Crippen LogP contribution in [0.3, 0.4) is 0 Å². The quantitative estimate of drug-likeness (QED) is 0.164. The summed E-state index contributed by atoms with van der Waals surface area (Å²) in [6, 6.07) is 67.5. The van der Waals surface area contributed by atoms with Gasteiger partial charge in [-0.3, -0.25) is 0 Å². The molecule has 12 aromatic carbocycles. The third-order valence-electron chi connectivity index (χ3n) is 12.3. The molecular weight excluding hydrogens is 665 g/mol. The molecule has 252 valence electrons. The highest BCUT2D eigenvalue weighted by molar-refractivity contribution is 6.30. The Morgan fingerprint density at radius 1 is 0.236 bits per heavy atom. The average Bonchev–Trinajstić information content (AvgIpc) is 3.62. The molecule has 0 aliphatic heterocycles. The predicted molar refractivity (Wildman–Crippen MR) is 236 cm³/mol. The summed E-state index contributed by atoms with van der Waals surface area (Å²) in [5.41, 5.74) is 6.79. The molecule has 13 aromatic rings. The number of benzene rings is 12. The van der Waals surface area contributed by atoms with Crippen LogP contribution in [0.25, 0.3) is 130 Å². The molecule has 0 bridgehead atoms. The average molecular weight is 695 g/mol. The lowest BCUT2D eigenvalue weighted by atomic mass is 9.89. The Labute approximate surface area is 315 Å². The summed E-state index contributed by atoms with van der Waals surface area (Å²) in [5.74, 6) is 0. The molecule has 0 saturated heterocycles. The van der Waals surface area contributed by atoms with Crippen molar-refractivity contribution >= 4 is 108 Å². The molecule has 0 aliphatic rings. The van der Waals surface area contributed by atoms with E-state index in [2.05, 4.69) is 182 Å². The molecule has 0 amide bonds. The zero-order valence-corrected chi connectivity index (χ0v) is 29.7. The molecule has 1 aromatic heterocycles. The molecule has 0 unspecified atom stereocenters. The first-order valence-corrected chi connectivity index (χ1v) is 19.1. The van der Waals surface area contributed by atoms with Crippen LogP contribution in [0.15, 0.2) is 186 Å². The van der Waals surface area contributed by atoms with Crippen LogP contribution in [0.2, 0.25) is 0 Å². The van der Waals surface area contributed by atoms with E-state index in [0.29, 0.717) is 0 Å². The Hall–Kier alpha value is -7.22. The highest BCUT2D eigenvalue weighted by atomic mass is 16.3. The first-order valence-electron chi connectivity index (χ1n) is 19.1. The third-order valence-corrected chi connectivity index (χ3v) is 12.3. The summed E-state index contributed by atoms with van der Waals surface area (Å²) in [4.78, 5) is 0. The van der Waals surface area contributed by atoms with E-state index in [4.69, 9.17) is 4.42 Å². The van der Waals surface area contributed by atoms with E-state index >= 15 is 0 Å². The Balaban J connectivity index is 0.989. The maximum absolute atomic E-state index is 6.56. The van der Waals surface area contributed by atoms with Crippen molar-refractivity contribution in [1.82, 2.24) is 0 Å². The van der Waals surface area contributed by atoms with Gasteiger partial charge in [0, 0.05) is 10.8 Å². The minimum absolute atomic E-state index is 0.925. The molecule has 1 heteroatoms. The molecule has 0 radical (unpaired) electrons. The maximum Gasteiger partial charge on any atom is 0.136 e. The second-order valence-electron chi connectivity index (χ2n) is 15.2. The lowest BCUT2D eigenvalue weighted by molar-refractivity contribution is 0.670. The molecule has 0 N–H and O–H groups in total. The SMILES string of the molecule is c1ccc2c(c1)ccc1oc3cc4c5ccc(-c6ccc7ccc(-c8ccc9ccc%10cccc%11ccc8c9c%10%11)cc7c6)cc5c5ccccc5c4cc3c12. The molecule has 0 fully saturated rings. The Kier molecular flexibility index (Phi) is 5.69. The number of furan rings is 1. The summed E-state index contributed by atoms with van der Waals surface area (Å²) in [7, 11) is 0. The third kappa shape index (κ3) is 4.07. The number of rotatable bonds is 2. The predicted octanol–water partition coefficient (Wildman–Crippen LogP) is 15.6. The highest BCUT2D eigenvalue weighted by Gasteiger charge is 2.17. The van der Waals surface area contributed by atoms with Gasteiger partial charge in [0.15, 0.2) is 0 Å². The topological polar surface area (TPSA) is 13.1 Å². The van der Waals surface area contributed by atoms with Crippen LogP contribution in [0, 0.1) is 0 Å². The van der Waals surface area contributed by atoms with Crippen LogP contribution in [0.1, 0.15) is 0 Å². The van der Waals surface area contributed by atoms with Gasteiger partial charge in [-0.2, -0.15) is 0 Å². The van der Waals surface area contributed by atoms with Crippen LogP contribution in [-0.4, -0.2) is 0 Å². The van der Waals surface area contributed by atoms with Crippen molar-refractivity contribution in [2.24, 2.45) is 0 Å². The van der Waals surface area contributed by atoms with Gasteiger partial charge in [-0.05, 0) is 145 Å². The van der Waals surface area contributed by atoms with Crippen LogP contribution >= 0.6 is 0 Å². The van der Waals surface area contributed by atoms with Crippen molar-refractivity contribution in [3.05, 3.63) is 182 Å². The molecule has 13 rings (SSSR count). The van der Waals surface area contributed by atoms with Gasteiger partial charge in [0.05, 0.1) is 0 Å². The first-order chi connectivity index (χ1) is 27.2. The molecule has 1 heterocycles. The molecule has 0 spiro atoms. The van der Waals surface area contributed by atoms with Crippen LogP contribution in [-0.2, 0) is 0 Å². The van der Waals surface area contributed by atoms with Crippen molar-refractivity contribution < 1.29 is 4.42 Å². The second-order valence-corrected chi connectivity index (χ2v) is 15.2. The van der Waals surface area contributed by atoms with Crippen LogP contribution in [0.4, 0.5) is 0 Å². The molecular formula is C54H30O. The number of fused-ring (bicyclic) bond motifs is 12. The van der Waals surface area contributed by atoms with E-state index in [1.54, 1.807) is 0 Å². The van der Waals surface area contributed by atoms with Crippen LogP contribution < -0.4 is 0 Å². The van der Waals surface area contributed by atoms with E-state index in [1.807, 2.05) is 0 Å². The zero-order chi connectivity index (χ0) is 35.8. The standard InChI is InChI=1S/C54H30O/c1-2-9-41-32(6-1)21-25-50-54(41)49-29-47-43-11-4-3-10-42(43)46-28-37(20-23-44(46)48(47)30-51(49)55-50)36-16-12-31-13-17-38(27-39(31)26-36)40-22-18-35-15-14-33-7-5-8-34-19-24-45(40)53(35)52(33)34/h1-30H. The molecule has 0 saturated carbocycles. The van der Waals surface area contributed by atoms with Gasteiger partial charge < -0.3 is 4.42 Å². The molecule has 55 heavy (non-hydrogen) atoms. The lowest BCUT2D eigenvalue weighted by Gasteiger charge is -2.15. The summed E-state index contributed by atoms with van der Waals surface area (Å²) < 4.78 is 6.56.